The Labute approximate surface area is 174 Å². The molecular formula is C18H23FN2O5S3. The first-order chi connectivity index (χ1) is 13.8. The molecule has 1 aromatic carbocycles. The fraction of sp³-hybridized carbons (Fsp3) is 0.444. The van der Waals surface area contributed by atoms with Crippen molar-refractivity contribution < 1.29 is 26.0 Å². The van der Waals surface area contributed by atoms with Gasteiger partial charge < -0.3 is 4.74 Å². The third-order valence-electron chi connectivity index (χ3n) is 4.83. The number of nitrogens with one attached hydrogen (secondary N) is 1. The Morgan fingerprint density at radius 3 is 2.69 bits per heavy atom. The summed E-state index contributed by atoms with van der Waals surface area (Å²) >= 11 is 1.17. The van der Waals surface area contributed by atoms with Crippen LogP contribution in [0.15, 0.2) is 44.8 Å². The van der Waals surface area contributed by atoms with Gasteiger partial charge in [0.1, 0.15) is 4.21 Å². The number of sulfonamides is 2. The normalized spacial score (nSPS) is 18.6. The first-order valence-corrected chi connectivity index (χ1v) is 12.9. The number of benzene rings is 1. The third-order valence-corrected chi connectivity index (χ3v) is 9.62. The van der Waals surface area contributed by atoms with Crippen LogP contribution in [-0.2, 0) is 20.0 Å². The van der Waals surface area contributed by atoms with Crippen molar-refractivity contribution in [2.75, 3.05) is 20.2 Å². The van der Waals surface area contributed by atoms with Gasteiger partial charge in [0.2, 0.25) is 10.0 Å². The molecule has 2 heterocycles. The van der Waals surface area contributed by atoms with Gasteiger partial charge in [0.05, 0.1) is 12.0 Å². The van der Waals surface area contributed by atoms with Gasteiger partial charge in [-0.2, -0.15) is 4.31 Å². The minimum Gasteiger partial charge on any atom is -0.494 e. The quantitative estimate of drug-likeness (QED) is 0.651. The number of piperidine rings is 1. The topological polar surface area (TPSA) is 92.8 Å². The lowest BCUT2D eigenvalue weighted by atomic mass is 10.0. The summed E-state index contributed by atoms with van der Waals surface area (Å²) in [5, 5.41) is 1.72. The van der Waals surface area contributed by atoms with Crippen LogP contribution in [0.3, 0.4) is 0 Å². The Kier molecular flexibility index (Phi) is 6.94. The van der Waals surface area contributed by atoms with Gasteiger partial charge in [-0.1, -0.05) is 12.5 Å². The SMILES string of the molecule is COc1ccc(S(=O)(=O)NCCC2CCCCN2S(=O)(=O)c2cccs2)cc1F. The molecule has 1 atom stereocenters. The smallest absolute Gasteiger partial charge is 0.252 e. The molecule has 1 aliphatic rings. The summed E-state index contributed by atoms with van der Waals surface area (Å²) in [4.78, 5) is -0.206. The van der Waals surface area contributed by atoms with E-state index in [4.69, 9.17) is 4.74 Å². The van der Waals surface area contributed by atoms with Gasteiger partial charge in [0.15, 0.2) is 11.6 Å². The molecule has 29 heavy (non-hydrogen) atoms. The van der Waals surface area contributed by atoms with Crippen LogP contribution in [0.25, 0.3) is 0 Å². The molecule has 1 aromatic heterocycles. The largest absolute Gasteiger partial charge is 0.494 e. The second kappa shape index (κ2) is 9.09. The summed E-state index contributed by atoms with van der Waals surface area (Å²) in [7, 11) is -6.21. The second-order valence-corrected chi connectivity index (χ2v) is 11.5. The van der Waals surface area contributed by atoms with Crippen molar-refractivity contribution >= 4 is 31.4 Å². The molecule has 1 saturated heterocycles. The molecule has 1 fully saturated rings. The molecule has 0 spiro atoms. The summed E-state index contributed by atoms with van der Waals surface area (Å²) in [5.74, 6) is -0.809. The number of hydrogen-bond acceptors (Lipinski definition) is 6. The van der Waals surface area contributed by atoms with Crippen molar-refractivity contribution in [3.05, 3.63) is 41.5 Å². The summed E-state index contributed by atoms with van der Waals surface area (Å²) in [6.45, 7) is 0.471. The van der Waals surface area contributed by atoms with Crippen LogP contribution in [0, 0.1) is 5.82 Å². The minimum absolute atomic E-state index is 0.0411. The van der Waals surface area contributed by atoms with E-state index in [1.165, 1.54) is 34.9 Å². The molecule has 7 nitrogen and oxygen atoms in total. The van der Waals surface area contributed by atoms with Gasteiger partial charge in [-0.25, -0.2) is 25.9 Å². The number of halogens is 1. The van der Waals surface area contributed by atoms with Crippen molar-refractivity contribution in [1.82, 2.24) is 9.03 Å². The Bertz CT molecular complexity index is 1040. The predicted octanol–water partition coefficient (Wildman–Crippen LogP) is 2.81. The number of nitrogens with zero attached hydrogens (tertiary/aromatic N) is 1. The minimum atomic E-state index is -3.92. The Morgan fingerprint density at radius 2 is 2.03 bits per heavy atom. The van der Waals surface area contributed by atoms with E-state index in [-0.39, 0.29) is 23.2 Å². The number of rotatable bonds is 8. The van der Waals surface area contributed by atoms with Crippen LogP contribution >= 0.6 is 11.3 Å². The fourth-order valence-electron chi connectivity index (χ4n) is 3.36. The molecule has 11 heteroatoms. The van der Waals surface area contributed by atoms with E-state index in [0.29, 0.717) is 23.6 Å². The van der Waals surface area contributed by atoms with Crippen LogP contribution < -0.4 is 9.46 Å². The van der Waals surface area contributed by atoms with E-state index in [0.717, 1.165) is 18.9 Å². The highest BCUT2D eigenvalue weighted by atomic mass is 32.2. The number of methoxy groups -OCH3 is 1. The lowest BCUT2D eigenvalue weighted by molar-refractivity contribution is 0.242. The summed E-state index contributed by atoms with van der Waals surface area (Å²) in [6, 6.07) is 6.39. The number of hydrogen-bond donors (Lipinski definition) is 1. The Hall–Kier alpha value is -1.53. The van der Waals surface area contributed by atoms with Gasteiger partial charge in [0, 0.05) is 19.1 Å². The molecule has 160 valence electrons. The summed E-state index contributed by atoms with van der Waals surface area (Å²) < 4.78 is 73.5. The lowest BCUT2D eigenvalue weighted by Crippen LogP contribution is -2.44. The molecule has 1 unspecified atom stereocenters. The standard InChI is InChI=1S/C18H23FN2O5S3/c1-26-17-8-7-15(13-16(17)19)28(22,23)20-10-9-14-5-2-3-11-21(14)29(24,25)18-6-4-12-27-18/h4,6-8,12-14,20H,2-3,5,9-11H2,1H3. The highest BCUT2D eigenvalue weighted by Crippen LogP contribution is 2.29. The van der Waals surface area contributed by atoms with Crippen molar-refractivity contribution in [3.63, 3.8) is 0 Å². The zero-order valence-corrected chi connectivity index (χ0v) is 18.3. The van der Waals surface area contributed by atoms with Crippen molar-refractivity contribution in [1.29, 1.82) is 0 Å². The van der Waals surface area contributed by atoms with Crippen LogP contribution in [0.5, 0.6) is 5.75 Å². The molecule has 0 amide bonds. The van der Waals surface area contributed by atoms with Gasteiger partial charge in [0.25, 0.3) is 10.0 Å². The van der Waals surface area contributed by atoms with Crippen molar-refractivity contribution in [2.45, 2.75) is 40.8 Å². The van der Waals surface area contributed by atoms with Gasteiger partial charge in [-0.15, -0.1) is 11.3 Å². The second-order valence-electron chi connectivity index (χ2n) is 6.68. The summed E-state index contributed by atoms with van der Waals surface area (Å²) in [6.07, 6.45) is 2.67. The lowest BCUT2D eigenvalue weighted by Gasteiger charge is -2.34. The van der Waals surface area contributed by atoms with Gasteiger partial charge >= 0.3 is 0 Å². The van der Waals surface area contributed by atoms with Crippen molar-refractivity contribution in [3.8, 4) is 5.75 Å². The number of thiophene rings is 1. The predicted molar refractivity (Wildman–Crippen MR) is 109 cm³/mol. The molecule has 0 aliphatic carbocycles. The highest BCUT2D eigenvalue weighted by Gasteiger charge is 2.34. The van der Waals surface area contributed by atoms with Crippen LogP contribution in [0.4, 0.5) is 4.39 Å². The van der Waals surface area contributed by atoms with Crippen LogP contribution in [-0.4, -0.2) is 47.4 Å². The highest BCUT2D eigenvalue weighted by molar-refractivity contribution is 7.91. The molecule has 2 aromatic rings. The first kappa shape index (κ1) is 22.2. The maximum absolute atomic E-state index is 13.8. The molecule has 1 N–H and O–H groups in total. The fourth-order valence-corrected chi connectivity index (χ4v) is 7.26. The van der Waals surface area contributed by atoms with Crippen LogP contribution in [0.1, 0.15) is 25.7 Å². The van der Waals surface area contributed by atoms with Crippen LogP contribution in [0.2, 0.25) is 0 Å². The van der Waals surface area contributed by atoms with E-state index >= 15 is 0 Å². The molecule has 0 bridgehead atoms. The van der Waals surface area contributed by atoms with E-state index < -0.39 is 25.9 Å². The zero-order chi connectivity index (χ0) is 21.1. The first-order valence-electron chi connectivity index (χ1n) is 9.14. The monoisotopic (exact) mass is 462 g/mol. The average Bonchev–Trinajstić information content (AvgIpc) is 3.24. The van der Waals surface area contributed by atoms with E-state index in [2.05, 4.69) is 4.72 Å². The molecular weight excluding hydrogens is 439 g/mol. The van der Waals surface area contributed by atoms with Gasteiger partial charge in [-0.05, 0) is 48.9 Å². The molecule has 1 aliphatic heterocycles. The Morgan fingerprint density at radius 1 is 1.24 bits per heavy atom. The Balaban J connectivity index is 1.67. The van der Waals surface area contributed by atoms with E-state index in [1.54, 1.807) is 17.5 Å². The van der Waals surface area contributed by atoms with E-state index in [1.807, 2.05) is 0 Å². The maximum atomic E-state index is 13.8. The number of ether oxygens (including phenoxy) is 1. The van der Waals surface area contributed by atoms with Gasteiger partial charge in [-0.3, -0.25) is 0 Å². The third kappa shape index (κ3) is 4.97. The molecule has 3 rings (SSSR count). The molecule has 0 radical (unpaired) electrons. The molecule has 0 saturated carbocycles. The zero-order valence-electron chi connectivity index (χ0n) is 15.9. The average molecular weight is 463 g/mol. The maximum Gasteiger partial charge on any atom is 0.252 e. The van der Waals surface area contributed by atoms with Crippen molar-refractivity contribution in [2.24, 2.45) is 0 Å². The van der Waals surface area contributed by atoms with E-state index in [9.17, 15) is 21.2 Å². The summed E-state index contributed by atoms with van der Waals surface area (Å²) in [5.41, 5.74) is 0.